The van der Waals surface area contributed by atoms with Crippen LogP contribution in [0.3, 0.4) is 0 Å². The third-order valence-corrected chi connectivity index (χ3v) is 6.02. The number of unbranched alkanes of at least 4 members (excludes halogenated alkanes) is 1. The van der Waals surface area contributed by atoms with Crippen LogP contribution in [0, 0.1) is 5.82 Å². The second-order valence-corrected chi connectivity index (χ2v) is 8.22. The van der Waals surface area contributed by atoms with Crippen LogP contribution in [0.1, 0.15) is 37.0 Å². The number of hydrogen-bond acceptors (Lipinski definition) is 4. The molecule has 0 fully saturated rings. The van der Waals surface area contributed by atoms with Gasteiger partial charge in [-0.25, -0.2) is 17.1 Å². The van der Waals surface area contributed by atoms with Crippen molar-refractivity contribution >= 4 is 21.6 Å². The second kappa shape index (κ2) is 9.66. The van der Waals surface area contributed by atoms with Crippen LogP contribution in [0.5, 0.6) is 5.75 Å². The normalized spacial score (nSPS) is 11.5. The topological polar surface area (TPSA) is 75.7 Å². The number of sulfonamides is 1. The highest BCUT2D eigenvalue weighted by Gasteiger charge is 2.25. The van der Waals surface area contributed by atoms with Crippen LogP contribution in [0.2, 0.25) is 0 Å². The van der Waals surface area contributed by atoms with Crippen molar-refractivity contribution in [2.24, 2.45) is 0 Å². The first-order chi connectivity index (χ1) is 13.3. The van der Waals surface area contributed by atoms with Gasteiger partial charge in [-0.2, -0.15) is 0 Å². The Bertz CT molecular complexity index is 932. The van der Waals surface area contributed by atoms with E-state index in [1.807, 2.05) is 13.8 Å². The third-order valence-electron chi connectivity index (χ3n) is 4.14. The molecule has 0 radical (unpaired) electrons. The Hall–Kier alpha value is -2.45. The summed E-state index contributed by atoms with van der Waals surface area (Å²) in [4.78, 5) is 12.1. The molecule has 6 nitrogen and oxygen atoms in total. The Morgan fingerprint density at radius 1 is 1.18 bits per heavy atom. The number of carbonyl (C=O) groups is 1. The Balaban J connectivity index is 2.31. The molecule has 0 saturated carbocycles. The number of carbonyl (C=O) groups excluding carboxylic acids is 1. The Kier molecular flexibility index (Phi) is 7.53. The zero-order valence-electron chi connectivity index (χ0n) is 16.2. The third kappa shape index (κ3) is 5.08. The van der Waals surface area contributed by atoms with E-state index in [2.05, 4.69) is 5.32 Å². The average Bonchev–Trinajstić information content (AvgIpc) is 2.67. The van der Waals surface area contributed by atoms with Crippen LogP contribution in [0.25, 0.3) is 0 Å². The number of hydrogen-bond donors (Lipinski definition) is 1. The number of anilines is 1. The van der Waals surface area contributed by atoms with E-state index in [1.54, 1.807) is 24.3 Å². The molecule has 0 unspecified atom stereocenters. The minimum absolute atomic E-state index is 0.0372. The first kappa shape index (κ1) is 21.8. The van der Waals surface area contributed by atoms with E-state index in [1.165, 1.54) is 13.1 Å². The lowest BCUT2D eigenvalue weighted by Gasteiger charge is -2.18. The van der Waals surface area contributed by atoms with Crippen molar-refractivity contribution in [1.82, 2.24) is 4.31 Å². The van der Waals surface area contributed by atoms with E-state index in [-0.39, 0.29) is 12.1 Å². The number of amides is 1. The molecule has 0 bridgehead atoms. The lowest BCUT2D eigenvalue weighted by atomic mass is 10.2. The summed E-state index contributed by atoms with van der Waals surface area (Å²) in [6.07, 6.45) is 1.47. The summed E-state index contributed by atoms with van der Waals surface area (Å²) < 4.78 is 46.1. The molecule has 8 heteroatoms. The molecule has 0 atom stereocenters. The van der Waals surface area contributed by atoms with Crippen LogP contribution in [0.15, 0.2) is 47.4 Å². The van der Waals surface area contributed by atoms with Gasteiger partial charge in [0.15, 0.2) is 0 Å². The van der Waals surface area contributed by atoms with Gasteiger partial charge >= 0.3 is 0 Å². The zero-order chi connectivity index (χ0) is 20.7. The quantitative estimate of drug-likeness (QED) is 0.683. The molecule has 2 aromatic rings. The fraction of sp³-hybridized carbons (Fsp3) is 0.350. The predicted molar refractivity (Wildman–Crippen MR) is 107 cm³/mol. The fourth-order valence-electron chi connectivity index (χ4n) is 2.56. The van der Waals surface area contributed by atoms with Crippen molar-refractivity contribution in [3.8, 4) is 5.75 Å². The average molecular weight is 408 g/mol. The lowest BCUT2D eigenvalue weighted by molar-refractivity contribution is 0.102. The molecule has 152 valence electrons. The maximum atomic E-state index is 14.2. The molecule has 0 aliphatic rings. The number of halogens is 1. The Morgan fingerprint density at radius 3 is 2.57 bits per heavy atom. The fourth-order valence-corrected chi connectivity index (χ4v) is 3.85. The van der Waals surface area contributed by atoms with Crippen molar-refractivity contribution in [2.75, 3.05) is 25.5 Å². The Labute approximate surface area is 165 Å². The molecule has 28 heavy (non-hydrogen) atoms. The minimum atomic E-state index is -4.03. The minimum Gasteiger partial charge on any atom is -0.492 e. The summed E-state index contributed by atoms with van der Waals surface area (Å²) >= 11 is 0. The highest BCUT2D eigenvalue weighted by Crippen LogP contribution is 2.25. The highest BCUT2D eigenvalue weighted by atomic mass is 32.2. The molecule has 0 aliphatic heterocycles. The van der Waals surface area contributed by atoms with Gasteiger partial charge in [-0.15, -0.1) is 0 Å². The molecular formula is C20H25FN2O4S. The van der Waals surface area contributed by atoms with Gasteiger partial charge in [0, 0.05) is 19.2 Å². The van der Waals surface area contributed by atoms with E-state index in [4.69, 9.17) is 4.74 Å². The van der Waals surface area contributed by atoms with Crippen LogP contribution in [-0.2, 0) is 10.0 Å². The van der Waals surface area contributed by atoms with Crippen LogP contribution >= 0.6 is 0 Å². The lowest BCUT2D eigenvalue weighted by Crippen LogP contribution is -2.29. The van der Waals surface area contributed by atoms with Crippen molar-refractivity contribution in [1.29, 1.82) is 0 Å². The van der Waals surface area contributed by atoms with E-state index in [0.29, 0.717) is 24.5 Å². The predicted octanol–water partition coefficient (Wildman–Crippen LogP) is 3.90. The standard InChI is InChI=1S/C20H25FN2O4S/c1-4-6-13-23(3)28(25,26)19-14-15(11-12-16(19)21)20(24)22-17-9-7-8-10-18(17)27-5-2/h7-12,14H,4-6,13H2,1-3H3,(H,22,24). The molecule has 0 spiro atoms. The van der Waals surface area contributed by atoms with E-state index in [9.17, 15) is 17.6 Å². The molecule has 1 N–H and O–H groups in total. The van der Waals surface area contributed by atoms with Crippen molar-refractivity contribution in [3.63, 3.8) is 0 Å². The number of para-hydroxylation sites is 2. The molecule has 0 heterocycles. The van der Waals surface area contributed by atoms with Crippen LogP contribution in [0.4, 0.5) is 10.1 Å². The van der Waals surface area contributed by atoms with Gasteiger partial charge in [0.25, 0.3) is 5.91 Å². The maximum Gasteiger partial charge on any atom is 0.255 e. The van der Waals surface area contributed by atoms with E-state index < -0.39 is 26.6 Å². The number of ether oxygens (including phenoxy) is 1. The SMILES string of the molecule is CCCCN(C)S(=O)(=O)c1cc(C(=O)Nc2ccccc2OCC)ccc1F. The largest absolute Gasteiger partial charge is 0.492 e. The van der Waals surface area contributed by atoms with Gasteiger partial charge in [0.1, 0.15) is 16.5 Å². The highest BCUT2D eigenvalue weighted by molar-refractivity contribution is 7.89. The summed E-state index contributed by atoms with van der Waals surface area (Å²) in [7, 11) is -2.64. The van der Waals surface area contributed by atoms with Crippen molar-refractivity contribution in [3.05, 3.63) is 53.8 Å². The van der Waals surface area contributed by atoms with Crippen molar-refractivity contribution < 1.29 is 22.3 Å². The molecule has 0 saturated heterocycles. The Morgan fingerprint density at radius 2 is 1.89 bits per heavy atom. The molecular weight excluding hydrogens is 383 g/mol. The van der Waals surface area contributed by atoms with Gasteiger partial charge in [-0.3, -0.25) is 4.79 Å². The summed E-state index contributed by atoms with van der Waals surface area (Å²) in [6.45, 7) is 4.46. The first-order valence-electron chi connectivity index (χ1n) is 9.10. The summed E-state index contributed by atoms with van der Waals surface area (Å²) in [5, 5.41) is 2.68. The molecule has 2 rings (SSSR count). The van der Waals surface area contributed by atoms with Crippen molar-refractivity contribution in [2.45, 2.75) is 31.6 Å². The summed E-state index contributed by atoms with van der Waals surface area (Å²) in [6, 6.07) is 10.2. The summed E-state index contributed by atoms with van der Waals surface area (Å²) in [5.41, 5.74) is 0.485. The summed E-state index contributed by atoms with van der Waals surface area (Å²) in [5.74, 6) is -0.956. The molecule has 2 aromatic carbocycles. The number of nitrogens with one attached hydrogen (secondary N) is 1. The smallest absolute Gasteiger partial charge is 0.255 e. The van der Waals surface area contributed by atoms with Gasteiger partial charge in [-0.05, 0) is 43.7 Å². The van der Waals surface area contributed by atoms with Gasteiger partial charge in [0.05, 0.1) is 12.3 Å². The second-order valence-electron chi connectivity index (χ2n) is 6.21. The molecule has 1 amide bonds. The maximum absolute atomic E-state index is 14.2. The van der Waals surface area contributed by atoms with E-state index >= 15 is 0 Å². The van der Waals surface area contributed by atoms with Gasteiger partial charge in [0.2, 0.25) is 10.0 Å². The molecule has 0 aliphatic carbocycles. The number of benzene rings is 2. The van der Waals surface area contributed by atoms with Gasteiger partial charge in [-0.1, -0.05) is 25.5 Å². The zero-order valence-corrected chi connectivity index (χ0v) is 17.1. The van der Waals surface area contributed by atoms with Crippen LogP contribution in [-0.4, -0.2) is 38.8 Å². The first-order valence-corrected chi connectivity index (χ1v) is 10.5. The van der Waals surface area contributed by atoms with Gasteiger partial charge < -0.3 is 10.1 Å². The number of rotatable bonds is 9. The van der Waals surface area contributed by atoms with Crippen LogP contribution < -0.4 is 10.1 Å². The number of nitrogens with zero attached hydrogens (tertiary/aromatic N) is 1. The molecule has 0 aromatic heterocycles. The monoisotopic (exact) mass is 408 g/mol. The van der Waals surface area contributed by atoms with E-state index in [0.717, 1.165) is 22.9 Å².